The average Bonchev–Trinajstić information content (AvgIpc) is 2.19. The van der Waals surface area contributed by atoms with Gasteiger partial charge in [-0.05, 0) is 44.0 Å². The van der Waals surface area contributed by atoms with Gasteiger partial charge in [0, 0.05) is 17.9 Å². The third kappa shape index (κ3) is 2.30. The summed E-state index contributed by atoms with van der Waals surface area (Å²) in [6.45, 7) is 2.08. The molecule has 0 atom stereocenters. The summed E-state index contributed by atoms with van der Waals surface area (Å²) in [7, 11) is 0. The van der Waals surface area contributed by atoms with E-state index in [-0.39, 0.29) is 5.54 Å². The van der Waals surface area contributed by atoms with Crippen molar-refractivity contribution in [3.63, 3.8) is 0 Å². The van der Waals surface area contributed by atoms with Crippen LogP contribution in [-0.2, 0) is 6.42 Å². The molecular formula is C11H17N3. The molecule has 0 unspecified atom stereocenters. The Hall–Kier alpha value is -0.930. The molecule has 2 heterocycles. The van der Waals surface area contributed by atoms with Crippen LogP contribution in [0.15, 0.2) is 24.5 Å². The van der Waals surface area contributed by atoms with Crippen LogP contribution in [0.2, 0.25) is 0 Å². The molecule has 3 nitrogen and oxygen atoms in total. The van der Waals surface area contributed by atoms with Gasteiger partial charge in [-0.15, -0.1) is 0 Å². The van der Waals surface area contributed by atoms with Crippen molar-refractivity contribution in [2.75, 3.05) is 13.1 Å². The minimum Gasteiger partial charge on any atom is -0.325 e. The van der Waals surface area contributed by atoms with Crippen molar-refractivity contribution in [3.8, 4) is 0 Å². The van der Waals surface area contributed by atoms with Gasteiger partial charge in [0.05, 0.1) is 0 Å². The normalized spacial score (nSPS) is 20.6. The first-order chi connectivity index (χ1) is 6.79. The van der Waals surface area contributed by atoms with Gasteiger partial charge in [0.2, 0.25) is 0 Å². The summed E-state index contributed by atoms with van der Waals surface area (Å²) in [4.78, 5) is 4.11. The summed E-state index contributed by atoms with van der Waals surface area (Å²) in [6, 6.07) is 4.07. The molecule has 0 aliphatic carbocycles. The van der Waals surface area contributed by atoms with Crippen LogP contribution in [0.25, 0.3) is 0 Å². The van der Waals surface area contributed by atoms with Gasteiger partial charge < -0.3 is 11.1 Å². The summed E-state index contributed by atoms with van der Waals surface area (Å²) in [5.41, 5.74) is 7.55. The van der Waals surface area contributed by atoms with E-state index in [1.165, 1.54) is 5.56 Å². The number of piperidine rings is 1. The number of hydrogen-bond acceptors (Lipinski definition) is 3. The zero-order chi connectivity index (χ0) is 9.86. The number of aromatic nitrogens is 1. The summed E-state index contributed by atoms with van der Waals surface area (Å²) < 4.78 is 0. The Balaban J connectivity index is 2.02. The molecular weight excluding hydrogens is 174 g/mol. The number of nitrogens with two attached hydrogens (primary N) is 1. The highest BCUT2D eigenvalue weighted by Crippen LogP contribution is 2.19. The van der Waals surface area contributed by atoms with Gasteiger partial charge in [-0.1, -0.05) is 6.07 Å². The first kappa shape index (κ1) is 9.62. The molecule has 1 aliphatic rings. The molecule has 0 spiro atoms. The first-order valence-electron chi connectivity index (χ1n) is 5.17. The van der Waals surface area contributed by atoms with Gasteiger partial charge in [-0.25, -0.2) is 0 Å². The quantitative estimate of drug-likeness (QED) is 0.723. The van der Waals surface area contributed by atoms with Crippen LogP contribution in [0.1, 0.15) is 18.4 Å². The first-order valence-corrected chi connectivity index (χ1v) is 5.17. The molecule has 0 saturated carbocycles. The van der Waals surface area contributed by atoms with Crippen molar-refractivity contribution < 1.29 is 0 Å². The monoisotopic (exact) mass is 191 g/mol. The van der Waals surface area contributed by atoms with Crippen molar-refractivity contribution >= 4 is 0 Å². The number of rotatable bonds is 2. The molecule has 76 valence electrons. The van der Waals surface area contributed by atoms with Gasteiger partial charge in [0.15, 0.2) is 0 Å². The molecule has 0 amide bonds. The van der Waals surface area contributed by atoms with E-state index in [0.717, 1.165) is 32.4 Å². The summed E-state index contributed by atoms with van der Waals surface area (Å²) >= 11 is 0. The standard InChI is InChI=1S/C11H17N3/c12-11(3-6-13-7-4-11)8-10-2-1-5-14-9-10/h1-2,5,9,13H,3-4,6-8,12H2. The smallest absolute Gasteiger partial charge is 0.0300 e. The molecule has 0 aromatic carbocycles. The van der Waals surface area contributed by atoms with E-state index < -0.39 is 0 Å². The molecule has 1 fully saturated rings. The summed E-state index contributed by atoms with van der Waals surface area (Å²) in [5, 5.41) is 3.33. The van der Waals surface area contributed by atoms with Crippen molar-refractivity contribution in [2.45, 2.75) is 24.8 Å². The lowest BCUT2D eigenvalue weighted by molar-refractivity contribution is 0.308. The highest BCUT2D eigenvalue weighted by Gasteiger charge is 2.27. The van der Waals surface area contributed by atoms with E-state index >= 15 is 0 Å². The second-order valence-electron chi connectivity index (χ2n) is 4.15. The van der Waals surface area contributed by atoms with Crippen molar-refractivity contribution in [3.05, 3.63) is 30.1 Å². The van der Waals surface area contributed by atoms with Crippen LogP contribution in [0.3, 0.4) is 0 Å². The fourth-order valence-corrected chi connectivity index (χ4v) is 2.01. The second-order valence-corrected chi connectivity index (χ2v) is 4.15. The highest BCUT2D eigenvalue weighted by molar-refractivity contribution is 5.13. The topological polar surface area (TPSA) is 50.9 Å². The van der Waals surface area contributed by atoms with E-state index in [0.29, 0.717) is 0 Å². The number of hydrogen-bond donors (Lipinski definition) is 2. The Morgan fingerprint density at radius 1 is 1.43 bits per heavy atom. The zero-order valence-electron chi connectivity index (χ0n) is 8.37. The predicted octanol–water partition coefficient (Wildman–Crippen LogP) is 0.705. The molecule has 0 radical (unpaired) electrons. The average molecular weight is 191 g/mol. The minimum absolute atomic E-state index is 0.0196. The number of pyridine rings is 1. The predicted molar refractivity (Wildman–Crippen MR) is 57.0 cm³/mol. The Labute approximate surface area is 84.7 Å². The number of nitrogens with zero attached hydrogens (tertiary/aromatic N) is 1. The molecule has 1 aromatic rings. The maximum absolute atomic E-state index is 6.32. The Morgan fingerprint density at radius 2 is 2.21 bits per heavy atom. The molecule has 0 bridgehead atoms. The second kappa shape index (κ2) is 4.07. The fraction of sp³-hybridized carbons (Fsp3) is 0.545. The van der Waals surface area contributed by atoms with Crippen molar-refractivity contribution in [2.24, 2.45) is 5.73 Å². The molecule has 1 aromatic heterocycles. The van der Waals surface area contributed by atoms with Crippen LogP contribution in [-0.4, -0.2) is 23.6 Å². The summed E-state index contributed by atoms with van der Waals surface area (Å²) in [6.07, 6.45) is 6.78. The maximum Gasteiger partial charge on any atom is 0.0300 e. The van der Waals surface area contributed by atoms with Crippen LogP contribution in [0.4, 0.5) is 0 Å². The van der Waals surface area contributed by atoms with E-state index in [1.807, 2.05) is 12.3 Å². The fourth-order valence-electron chi connectivity index (χ4n) is 2.01. The van der Waals surface area contributed by atoms with E-state index in [4.69, 9.17) is 5.73 Å². The third-order valence-corrected chi connectivity index (χ3v) is 2.88. The Kier molecular flexibility index (Phi) is 2.79. The maximum atomic E-state index is 6.32. The van der Waals surface area contributed by atoms with Crippen LogP contribution in [0, 0.1) is 0 Å². The molecule has 3 heteroatoms. The van der Waals surface area contributed by atoms with Crippen LogP contribution >= 0.6 is 0 Å². The van der Waals surface area contributed by atoms with E-state index in [2.05, 4.69) is 16.4 Å². The van der Waals surface area contributed by atoms with Crippen LogP contribution < -0.4 is 11.1 Å². The van der Waals surface area contributed by atoms with Gasteiger partial charge >= 0.3 is 0 Å². The lowest BCUT2D eigenvalue weighted by Crippen LogP contribution is -2.50. The van der Waals surface area contributed by atoms with Crippen molar-refractivity contribution in [1.82, 2.24) is 10.3 Å². The summed E-state index contributed by atoms with van der Waals surface area (Å²) in [5.74, 6) is 0. The molecule has 1 aliphatic heterocycles. The molecule has 3 N–H and O–H groups in total. The largest absolute Gasteiger partial charge is 0.325 e. The minimum atomic E-state index is -0.0196. The Bertz CT molecular complexity index is 278. The van der Waals surface area contributed by atoms with E-state index in [9.17, 15) is 0 Å². The Morgan fingerprint density at radius 3 is 2.86 bits per heavy atom. The van der Waals surface area contributed by atoms with Gasteiger partial charge in [0.25, 0.3) is 0 Å². The molecule has 1 saturated heterocycles. The van der Waals surface area contributed by atoms with Crippen LogP contribution in [0.5, 0.6) is 0 Å². The van der Waals surface area contributed by atoms with E-state index in [1.54, 1.807) is 6.20 Å². The van der Waals surface area contributed by atoms with Crippen molar-refractivity contribution in [1.29, 1.82) is 0 Å². The van der Waals surface area contributed by atoms with Gasteiger partial charge in [-0.2, -0.15) is 0 Å². The lowest BCUT2D eigenvalue weighted by Gasteiger charge is -2.33. The number of nitrogens with one attached hydrogen (secondary N) is 1. The SMILES string of the molecule is NC1(Cc2cccnc2)CCNCC1. The van der Waals surface area contributed by atoms with Gasteiger partial charge in [0.1, 0.15) is 0 Å². The lowest BCUT2D eigenvalue weighted by atomic mass is 9.84. The zero-order valence-corrected chi connectivity index (χ0v) is 8.37. The molecule has 14 heavy (non-hydrogen) atoms. The third-order valence-electron chi connectivity index (χ3n) is 2.88. The highest BCUT2D eigenvalue weighted by atomic mass is 14.9. The van der Waals surface area contributed by atoms with Gasteiger partial charge in [-0.3, -0.25) is 4.98 Å². The molecule has 2 rings (SSSR count).